The molecular weight excluding hydrogens is 374 g/mol. The van der Waals surface area contributed by atoms with Crippen LogP contribution in [0.3, 0.4) is 0 Å². The number of nitrogen functional groups attached to an aromatic ring is 1. The fraction of sp³-hybridized carbons (Fsp3) is 0.409. The molecule has 2 aromatic carbocycles. The predicted octanol–water partition coefficient (Wildman–Crippen LogP) is 2.64. The number of nitrogens with two attached hydrogens (primary N) is 2. The third-order valence-corrected chi connectivity index (χ3v) is 6.11. The quantitative estimate of drug-likeness (QED) is 0.757. The zero-order valence-electron chi connectivity index (χ0n) is 16.2. The van der Waals surface area contributed by atoms with Crippen molar-refractivity contribution in [3.63, 3.8) is 0 Å². The summed E-state index contributed by atoms with van der Waals surface area (Å²) >= 11 is 0. The fourth-order valence-electron chi connectivity index (χ4n) is 4.58. The Morgan fingerprint density at radius 2 is 1.62 bits per heavy atom. The third kappa shape index (κ3) is 4.11. The van der Waals surface area contributed by atoms with Gasteiger partial charge in [-0.1, -0.05) is 30.3 Å². The van der Waals surface area contributed by atoms with Crippen LogP contribution in [-0.2, 0) is 0 Å². The van der Waals surface area contributed by atoms with Gasteiger partial charge in [-0.3, -0.25) is 4.79 Å². The lowest BCUT2D eigenvalue weighted by Gasteiger charge is -2.23. The first kappa shape index (κ1) is 19.8. The standard InChI is InChI=1S/C22H26F2N4O/c23-18-8-17(25)9-19(24)21(18)22(29)28-12-15-10-27(11-16(15)13-28)7-6-20(26)14-4-2-1-3-5-14/h1-5,8-9,15-16,20H,6-7,10-13,25-26H2/t15?,16?,20-/m0/s1. The molecule has 7 heteroatoms. The molecule has 5 nitrogen and oxygen atoms in total. The summed E-state index contributed by atoms with van der Waals surface area (Å²) in [5.41, 5.74) is 12.3. The zero-order chi connectivity index (χ0) is 20.5. The molecule has 3 atom stereocenters. The summed E-state index contributed by atoms with van der Waals surface area (Å²) in [7, 11) is 0. The monoisotopic (exact) mass is 400 g/mol. The number of carbonyl (C=O) groups is 1. The molecule has 4 rings (SSSR count). The van der Waals surface area contributed by atoms with Gasteiger partial charge in [0.1, 0.15) is 17.2 Å². The van der Waals surface area contributed by atoms with E-state index in [9.17, 15) is 13.6 Å². The molecule has 4 N–H and O–H groups in total. The van der Waals surface area contributed by atoms with Gasteiger partial charge in [0.25, 0.3) is 5.91 Å². The van der Waals surface area contributed by atoms with Crippen molar-refractivity contribution in [2.75, 3.05) is 38.5 Å². The average molecular weight is 400 g/mol. The first-order valence-corrected chi connectivity index (χ1v) is 9.99. The van der Waals surface area contributed by atoms with E-state index in [1.807, 2.05) is 30.3 Å². The second kappa shape index (κ2) is 8.08. The summed E-state index contributed by atoms with van der Waals surface area (Å²) < 4.78 is 28.2. The molecule has 2 unspecified atom stereocenters. The van der Waals surface area contributed by atoms with Crippen LogP contribution < -0.4 is 11.5 Å². The maximum atomic E-state index is 14.1. The van der Waals surface area contributed by atoms with Gasteiger partial charge in [0, 0.05) is 37.9 Å². The van der Waals surface area contributed by atoms with Crippen molar-refractivity contribution in [1.29, 1.82) is 0 Å². The molecule has 0 aliphatic carbocycles. The van der Waals surface area contributed by atoms with Crippen molar-refractivity contribution in [1.82, 2.24) is 9.80 Å². The summed E-state index contributed by atoms with van der Waals surface area (Å²) in [5.74, 6) is -1.74. The molecule has 0 bridgehead atoms. The van der Waals surface area contributed by atoms with Gasteiger partial charge < -0.3 is 21.3 Å². The lowest BCUT2D eigenvalue weighted by molar-refractivity contribution is 0.0764. The van der Waals surface area contributed by atoms with Gasteiger partial charge in [0.2, 0.25) is 0 Å². The molecule has 2 aliphatic rings. The summed E-state index contributed by atoms with van der Waals surface area (Å²) in [5, 5.41) is 0. The highest BCUT2D eigenvalue weighted by atomic mass is 19.1. The van der Waals surface area contributed by atoms with E-state index in [4.69, 9.17) is 11.5 Å². The van der Waals surface area contributed by atoms with Crippen molar-refractivity contribution in [2.24, 2.45) is 17.6 Å². The minimum absolute atomic E-state index is 0.00573. The molecule has 2 aromatic rings. The normalized spacial score (nSPS) is 22.7. The number of halogens is 2. The van der Waals surface area contributed by atoms with Crippen LogP contribution in [0, 0.1) is 23.5 Å². The highest BCUT2D eigenvalue weighted by Gasteiger charge is 2.42. The van der Waals surface area contributed by atoms with E-state index in [-0.39, 0.29) is 11.7 Å². The molecule has 0 aromatic heterocycles. The number of benzene rings is 2. The van der Waals surface area contributed by atoms with Crippen LogP contribution in [0.25, 0.3) is 0 Å². The van der Waals surface area contributed by atoms with Crippen LogP contribution in [0.5, 0.6) is 0 Å². The van der Waals surface area contributed by atoms with Gasteiger partial charge >= 0.3 is 0 Å². The van der Waals surface area contributed by atoms with Crippen LogP contribution >= 0.6 is 0 Å². The topological polar surface area (TPSA) is 75.6 Å². The van der Waals surface area contributed by atoms with Gasteiger partial charge in [-0.25, -0.2) is 8.78 Å². The van der Waals surface area contributed by atoms with E-state index in [1.165, 1.54) is 0 Å². The third-order valence-electron chi connectivity index (χ3n) is 6.11. The number of hydrogen-bond acceptors (Lipinski definition) is 4. The van der Waals surface area contributed by atoms with Crippen molar-refractivity contribution < 1.29 is 13.6 Å². The van der Waals surface area contributed by atoms with Crippen LogP contribution in [0.2, 0.25) is 0 Å². The van der Waals surface area contributed by atoms with Crippen LogP contribution in [0.1, 0.15) is 28.4 Å². The molecule has 2 fully saturated rings. The summed E-state index contributed by atoms with van der Waals surface area (Å²) in [6, 6.07) is 12.0. The van der Waals surface area contributed by atoms with Crippen molar-refractivity contribution in [3.05, 3.63) is 65.2 Å². The van der Waals surface area contributed by atoms with Crippen LogP contribution in [0.4, 0.5) is 14.5 Å². The van der Waals surface area contributed by atoms with Crippen molar-refractivity contribution >= 4 is 11.6 Å². The Balaban J connectivity index is 1.32. The highest BCUT2D eigenvalue weighted by Crippen LogP contribution is 2.33. The SMILES string of the molecule is Nc1cc(F)c(C(=O)N2CC3CN(CC[C@H](N)c4ccccc4)CC3C2)c(F)c1. The second-order valence-electron chi connectivity index (χ2n) is 8.16. The van der Waals surface area contributed by atoms with Gasteiger partial charge in [-0.2, -0.15) is 0 Å². The Morgan fingerprint density at radius 3 is 2.21 bits per heavy atom. The number of amides is 1. The van der Waals surface area contributed by atoms with E-state index < -0.39 is 23.1 Å². The molecule has 0 radical (unpaired) electrons. The number of hydrogen-bond donors (Lipinski definition) is 2. The Bertz CT molecular complexity index is 855. The number of rotatable bonds is 5. The number of likely N-dealkylation sites (tertiary alicyclic amines) is 2. The number of nitrogens with zero attached hydrogens (tertiary/aromatic N) is 2. The van der Waals surface area contributed by atoms with Gasteiger partial charge in [-0.15, -0.1) is 0 Å². The predicted molar refractivity (Wildman–Crippen MR) is 108 cm³/mol. The van der Waals surface area contributed by atoms with E-state index >= 15 is 0 Å². The Labute approximate surface area is 169 Å². The molecule has 2 saturated heterocycles. The van der Waals surface area contributed by atoms with Gasteiger partial charge in [0.05, 0.1) is 0 Å². The van der Waals surface area contributed by atoms with Crippen LogP contribution in [-0.4, -0.2) is 48.4 Å². The molecular formula is C22H26F2N4O. The Hall–Kier alpha value is -2.51. The molecule has 0 spiro atoms. The minimum Gasteiger partial charge on any atom is -0.399 e. The number of anilines is 1. The molecule has 2 heterocycles. The highest BCUT2D eigenvalue weighted by molar-refractivity contribution is 5.95. The fourth-order valence-corrected chi connectivity index (χ4v) is 4.58. The van der Waals surface area contributed by atoms with E-state index in [2.05, 4.69) is 4.90 Å². The Kier molecular flexibility index (Phi) is 5.52. The maximum absolute atomic E-state index is 14.1. The van der Waals surface area contributed by atoms with Crippen LogP contribution in [0.15, 0.2) is 42.5 Å². The van der Waals surface area contributed by atoms with Gasteiger partial charge in [-0.05, 0) is 42.5 Å². The zero-order valence-corrected chi connectivity index (χ0v) is 16.2. The van der Waals surface area contributed by atoms with E-state index in [0.29, 0.717) is 24.9 Å². The molecule has 29 heavy (non-hydrogen) atoms. The number of carbonyl (C=O) groups excluding carboxylic acids is 1. The number of fused-ring (bicyclic) bond motifs is 1. The lowest BCUT2D eigenvalue weighted by Crippen LogP contribution is -2.35. The molecule has 2 aliphatic heterocycles. The average Bonchev–Trinajstić information content (AvgIpc) is 3.24. The first-order valence-electron chi connectivity index (χ1n) is 9.99. The summed E-state index contributed by atoms with van der Waals surface area (Å²) in [4.78, 5) is 16.6. The molecule has 154 valence electrons. The minimum atomic E-state index is -0.902. The van der Waals surface area contributed by atoms with Crippen molar-refractivity contribution in [2.45, 2.75) is 12.5 Å². The maximum Gasteiger partial charge on any atom is 0.259 e. The Morgan fingerprint density at radius 1 is 1.03 bits per heavy atom. The lowest BCUT2D eigenvalue weighted by atomic mass is 10.0. The summed E-state index contributed by atoms with van der Waals surface area (Å²) in [6.07, 6.45) is 0.869. The largest absolute Gasteiger partial charge is 0.399 e. The molecule has 0 saturated carbocycles. The van der Waals surface area contributed by atoms with Gasteiger partial charge in [0.15, 0.2) is 0 Å². The summed E-state index contributed by atoms with van der Waals surface area (Å²) in [6.45, 7) is 3.70. The van der Waals surface area contributed by atoms with Crippen molar-refractivity contribution in [3.8, 4) is 0 Å². The first-order chi connectivity index (χ1) is 13.9. The molecule has 1 amide bonds. The van der Waals surface area contributed by atoms with E-state index in [1.54, 1.807) is 4.90 Å². The van der Waals surface area contributed by atoms with E-state index in [0.717, 1.165) is 43.8 Å². The smallest absolute Gasteiger partial charge is 0.259 e. The second-order valence-corrected chi connectivity index (χ2v) is 8.16.